The first-order valence-electron chi connectivity index (χ1n) is 33.1. The van der Waals surface area contributed by atoms with Crippen LogP contribution in [0.2, 0.25) is 0 Å². The van der Waals surface area contributed by atoms with E-state index in [0.717, 1.165) is 112 Å². The van der Waals surface area contributed by atoms with Gasteiger partial charge in [-0.2, -0.15) is 0 Å². The average molecular weight is 1170 g/mol. The molecule has 14 nitrogen and oxygen atoms in total. The number of benzene rings is 2. The van der Waals surface area contributed by atoms with Gasteiger partial charge in [0.15, 0.2) is 11.4 Å². The molecule has 0 radical (unpaired) electrons. The molecular formula is C72H92N6O8. The molecule has 6 aliphatic carbocycles. The zero-order valence-electron chi connectivity index (χ0n) is 51.1. The first kappa shape index (κ1) is 58.1. The predicted octanol–water partition coefficient (Wildman–Crippen LogP) is 9.80. The molecule has 2 aromatic rings. The molecule has 11 bridgehead atoms. The number of ether oxygens (including phenoxy) is 2. The van der Waals surface area contributed by atoms with Crippen LogP contribution in [0.1, 0.15) is 181 Å². The number of dihydropyridines is 2. The summed E-state index contributed by atoms with van der Waals surface area (Å²) in [5, 5.41) is 54.4. The lowest BCUT2D eigenvalue weighted by atomic mass is 9.45. The summed E-state index contributed by atoms with van der Waals surface area (Å²) in [5.74, 6) is -0.913. The van der Waals surface area contributed by atoms with E-state index < -0.39 is 63.5 Å². The van der Waals surface area contributed by atoms with Crippen LogP contribution in [-0.2, 0) is 20.7 Å². The summed E-state index contributed by atoms with van der Waals surface area (Å²) in [6.45, 7) is 7.46. The number of carbonyl (C=O) groups is 3. The topological polar surface area (TPSA) is 220 Å². The highest BCUT2D eigenvalue weighted by atomic mass is 16.7. The number of hydrogen-bond donors (Lipinski definition) is 9. The zero-order chi connectivity index (χ0) is 59.5. The Hall–Kier alpha value is -5.61. The number of ketones is 2. The molecule has 6 aliphatic heterocycles. The summed E-state index contributed by atoms with van der Waals surface area (Å²) >= 11 is 0. The number of epoxide rings is 1. The normalized spacial score (nSPS) is 38.6. The fraction of sp³-hybridized carbons (Fsp3) is 0.597. The highest BCUT2D eigenvalue weighted by Gasteiger charge is 2.86. The number of phenolic OH excluding ortho intramolecular Hbond substituents is 1. The second-order valence-corrected chi connectivity index (χ2v) is 28.9. The van der Waals surface area contributed by atoms with E-state index in [1.807, 2.05) is 38.2 Å². The van der Waals surface area contributed by atoms with Crippen molar-refractivity contribution in [2.75, 3.05) is 26.7 Å². The third-order valence-electron chi connectivity index (χ3n) is 24.3. The average Bonchev–Trinajstić information content (AvgIpc) is 1.47. The van der Waals surface area contributed by atoms with Gasteiger partial charge in [-0.1, -0.05) is 106 Å². The van der Waals surface area contributed by atoms with Gasteiger partial charge >= 0.3 is 5.97 Å². The Morgan fingerprint density at radius 1 is 0.953 bits per heavy atom. The predicted molar refractivity (Wildman–Crippen MR) is 331 cm³/mol. The SMILES string of the molecule is CCN[C@]12C=C3C=CC[C@H]4CCCC[C@@]5(C)CC6=CNC(N)C(=C6)[C@@H](c6cccc(O)c6)C[C@H]6[C@H](C1)[C@@H](C[C@@H](O)C61CCCC1)[C@H](OC(=O)[C@]16O[C@@]1(C/C(CO)=C(\C)CCC1=CCNC7=C1CC[C@@H](NC)N7)C(=O)c1cccc(c1C6=O)C5)[C@H]2C[C@H]34. The summed E-state index contributed by atoms with van der Waals surface area (Å²) in [4.78, 5) is 49.4. The minimum Gasteiger partial charge on any atom is -0.508 e. The van der Waals surface area contributed by atoms with Crippen LogP contribution in [0.25, 0.3) is 0 Å². The van der Waals surface area contributed by atoms with E-state index in [0.29, 0.717) is 68.7 Å². The number of Topliss-reactive ketones (excluding diaryl/α,β-unsaturated/α-hetero) is 2. The largest absolute Gasteiger partial charge is 0.508 e. The van der Waals surface area contributed by atoms with Crippen molar-refractivity contribution in [2.24, 2.45) is 52.1 Å². The van der Waals surface area contributed by atoms with E-state index in [9.17, 15) is 15.3 Å². The number of allylic oxidation sites excluding steroid dienone is 8. The van der Waals surface area contributed by atoms with Gasteiger partial charge in [0.1, 0.15) is 17.7 Å². The monoisotopic (exact) mass is 1170 g/mol. The van der Waals surface area contributed by atoms with Gasteiger partial charge in [-0.15, -0.1) is 0 Å². The Balaban J connectivity index is 0.956. The van der Waals surface area contributed by atoms with Crippen molar-refractivity contribution in [3.8, 4) is 5.75 Å². The molecule has 4 fully saturated rings. The molecule has 2 aromatic carbocycles. The van der Waals surface area contributed by atoms with Crippen LogP contribution in [0.4, 0.5) is 0 Å². The van der Waals surface area contributed by atoms with Crippen LogP contribution in [0.5, 0.6) is 5.75 Å². The van der Waals surface area contributed by atoms with Gasteiger partial charge in [0.25, 0.3) is 5.60 Å². The Kier molecular flexibility index (Phi) is 15.0. The summed E-state index contributed by atoms with van der Waals surface area (Å²) in [7, 11) is 1.96. The molecule has 14 heteroatoms. The molecule has 0 aromatic heterocycles. The lowest BCUT2D eigenvalue weighted by Gasteiger charge is -2.63. The van der Waals surface area contributed by atoms with Gasteiger partial charge in [0.2, 0.25) is 5.78 Å². The highest BCUT2D eigenvalue weighted by molar-refractivity contribution is 6.33. The number of aliphatic hydroxyl groups is 2. The number of rotatable bonds is 10. The molecule has 1 saturated heterocycles. The summed E-state index contributed by atoms with van der Waals surface area (Å²) < 4.78 is 14.5. The van der Waals surface area contributed by atoms with E-state index in [1.165, 1.54) is 16.7 Å². The maximum atomic E-state index is 16.7. The smallest absolute Gasteiger partial charge is 0.350 e. The number of nitrogens with one attached hydrogen (secondary N) is 5. The minimum absolute atomic E-state index is 0.0742. The third-order valence-corrected chi connectivity index (χ3v) is 24.3. The van der Waals surface area contributed by atoms with Crippen LogP contribution < -0.4 is 32.3 Å². The van der Waals surface area contributed by atoms with E-state index in [-0.39, 0.29) is 71.6 Å². The summed E-state index contributed by atoms with van der Waals surface area (Å²) in [6.07, 6.45) is 27.4. The minimum atomic E-state index is -2.32. The van der Waals surface area contributed by atoms with Gasteiger partial charge < -0.3 is 57.1 Å². The van der Waals surface area contributed by atoms with E-state index in [2.05, 4.69) is 83.1 Å². The van der Waals surface area contributed by atoms with Crippen molar-refractivity contribution >= 4 is 17.5 Å². The van der Waals surface area contributed by atoms with E-state index >= 15 is 14.4 Å². The van der Waals surface area contributed by atoms with Crippen molar-refractivity contribution in [2.45, 2.75) is 196 Å². The highest BCUT2D eigenvalue weighted by Crippen LogP contribution is 2.67. The molecule has 2 spiro atoms. The standard InChI is InChI=1S/C72H92N6O8/c1-5-77-70-36-46-16-10-14-43-13-6-7-25-68(3)34-42-29-55(65(73)76-39-42)53(45-15-11-18-49(80)30-45)32-57-56(38-70)54(33-59(81)69(57)26-8-9-27-69)62(58(70)31-52(43)46)85-67(84)72-64(83)61-47(35-68)17-12-19-51(61)63(82)71(72,86-72)37-48(40-79)41(2)20-21-44-24-28-75-66-50(44)22-23-60(74-4)78-66/h10-12,15-19,24,29-30,36,39,43,52-54,56-60,62,65,74-81H,5-9,13-14,20-23,25-28,31-35,37-38,40,73H2,1-4H3/b48-41-/t43-,52+,53-,54-,56-,57+,58-,59-,60+,62+,65?,68+,70-,71+,72+/m1/s1. The number of fused-ring (bicyclic) bond motifs is 4. The van der Waals surface area contributed by atoms with E-state index in [4.69, 9.17) is 15.2 Å². The Bertz CT molecular complexity index is 3330. The molecule has 12 aliphatic rings. The number of phenols is 1. The fourth-order valence-corrected chi connectivity index (χ4v) is 20.1. The van der Waals surface area contributed by atoms with Crippen LogP contribution in [0.15, 0.2) is 124 Å². The Morgan fingerprint density at radius 2 is 1.78 bits per heavy atom. The van der Waals surface area contributed by atoms with Gasteiger partial charge in [-0.25, -0.2) is 4.79 Å². The maximum absolute atomic E-state index is 16.7. The number of aromatic hydroxyl groups is 1. The number of hydrogen-bond acceptors (Lipinski definition) is 14. The van der Waals surface area contributed by atoms with Crippen LogP contribution in [0.3, 0.4) is 0 Å². The van der Waals surface area contributed by atoms with Gasteiger partial charge in [-0.05, 0) is 208 Å². The maximum Gasteiger partial charge on any atom is 0.350 e. The fourth-order valence-electron chi connectivity index (χ4n) is 20.1. The van der Waals surface area contributed by atoms with Gasteiger partial charge in [0.05, 0.1) is 25.0 Å². The Morgan fingerprint density at radius 3 is 2.58 bits per heavy atom. The number of nitrogens with two attached hydrogens (primary N) is 1. The first-order chi connectivity index (χ1) is 41.6. The van der Waals surface area contributed by atoms with Crippen molar-refractivity contribution in [3.63, 3.8) is 0 Å². The first-order valence-corrected chi connectivity index (χ1v) is 33.1. The zero-order valence-corrected chi connectivity index (χ0v) is 51.1. The molecule has 14 rings (SSSR count). The van der Waals surface area contributed by atoms with Gasteiger partial charge in [-0.3, -0.25) is 9.59 Å². The Labute approximate surface area is 508 Å². The molecule has 458 valence electrons. The lowest BCUT2D eigenvalue weighted by Crippen LogP contribution is -2.68. The molecule has 3 saturated carbocycles. The number of esters is 1. The summed E-state index contributed by atoms with van der Waals surface area (Å²) in [5.41, 5.74) is 11.1. The molecule has 0 amide bonds. The second-order valence-electron chi connectivity index (χ2n) is 28.9. The number of carbonyl (C=O) groups excluding carboxylic acids is 3. The number of aliphatic hydroxyl groups excluding tert-OH is 2. The lowest BCUT2D eigenvalue weighted by molar-refractivity contribution is -0.197. The van der Waals surface area contributed by atoms with Crippen LogP contribution in [0, 0.1) is 46.3 Å². The van der Waals surface area contributed by atoms with Crippen molar-refractivity contribution < 1.29 is 39.2 Å². The van der Waals surface area contributed by atoms with Crippen LogP contribution in [-0.4, -0.2) is 101 Å². The molecule has 15 atom stereocenters. The molecular weight excluding hydrogens is 1080 g/mol. The quantitative estimate of drug-likeness (QED) is 0.0468. The second kappa shape index (κ2) is 22.2. The molecule has 10 N–H and O–H groups in total. The van der Waals surface area contributed by atoms with Crippen molar-refractivity contribution in [1.82, 2.24) is 26.6 Å². The van der Waals surface area contributed by atoms with E-state index in [1.54, 1.807) is 12.1 Å². The molecule has 6 heterocycles. The third kappa shape index (κ3) is 9.32. The van der Waals surface area contributed by atoms with Gasteiger partial charge in [0, 0.05) is 53.6 Å². The van der Waals surface area contributed by atoms with Crippen LogP contribution >= 0.6 is 0 Å². The summed E-state index contributed by atoms with van der Waals surface area (Å²) in [6, 6.07) is 13.3. The molecule has 1 unspecified atom stereocenters. The van der Waals surface area contributed by atoms with Crippen molar-refractivity contribution in [1.29, 1.82) is 0 Å². The number of likely N-dealkylation sites (N-methyl/N-ethyl adjacent to an activating group) is 1. The van der Waals surface area contributed by atoms with Crippen molar-refractivity contribution in [3.05, 3.63) is 146 Å². The molecule has 86 heavy (non-hydrogen) atoms.